The van der Waals surface area contributed by atoms with Crippen LogP contribution in [0.15, 0.2) is 16.5 Å². The lowest BCUT2D eigenvalue weighted by atomic mass is 10.4. The van der Waals surface area contributed by atoms with Crippen molar-refractivity contribution in [3.05, 3.63) is 23.7 Å². The summed E-state index contributed by atoms with van der Waals surface area (Å²) >= 11 is 0. The van der Waals surface area contributed by atoms with E-state index in [0.717, 1.165) is 0 Å². The molecular weight excluding hydrogens is 120 g/mol. The summed E-state index contributed by atoms with van der Waals surface area (Å²) in [6.45, 7) is -0.500. The Morgan fingerprint density at radius 1 is 1.44 bits per heavy atom. The lowest BCUT2D eigenvalue weighted by Gasteiger charge is -1.95. The molecule has 9 heavy (non-hydrogen) atoms. The molecule has 0 aliphatic carbocycles. The van der Waals surface area contributed by atoms with Gasteiger partial charge in [-0.2, -0.15) is 0 Å². The molecule has 3 heteroatoms. The third-order valence-electron chi connectivity index (χ3n) is 1.02. The molecular formula is C6H7O3-. The van der Waals surface area contributed by atoms with Gasteiger partial charge >= 0.3 is 0 Å². The molecule has 0 atom stereocenters. The Morgan fingerprint density at radius 2 is 2.11 bits per heavy atom. The molecule has 0 fully saturated rings. The summed E-state index contributed by atoms with van der Waals surface area (Å²) in [6.07, 6.45) is 0. The number of furan rings is 1. The van der Waals surface area contributed by atoms with E-state index < -0.39 is 0 Å². The number of hydrogen-bond donors (Lipinski definition) is 1. The molecule has 1 heterocycles. The van der Waals surface area contributed by atoms with Crippen molar-refractivity contribution in [3.63, 3.8) is 0 Å². The summed E-state index contributed by atoms with van der Waals surface area (Å²) in [5, 5.41) is 18.5. The van der Waals surface area contributed by atoms with Gasteiger partial charge in [-0.1, -0.05) is 6.61 Å². The minimum absolute atomic E-state index is 0.139. The van der Waals surface area contributed by atoms with Crippen molar-refractivity contribution in [1.29, 1.82) is 0 Å². The van der Waals surface area contributed by atoms with E-state index in [0.29, 0.717) is 11.5 Å². The van der Waals surface area contributed by atoms with E-state index in [4.69, 9.17) is 9.52 Å². The first-order valence-corrected chi connectivity index (χ1v) is 2.63. The Morgan fingerprint density at radius 3 is 2.44 bits per heavy atom. The van der Waals surface area contributed by atoms with Crippen LogP contribution in [0.3, 0.4) is 0 Å². The van der Waals surface area contributed by atoms with E-state index in [1.807, 2.05) is 0 Å². The highest BCUT2D eigenvalue weighted by Crippen LogP contribution is 2.05. The van der Waals surface area contributed by atoms with Gasteiger partial charge in [0.15, 0.2) is 0 Å². The first-order chi connectivity index (χ1) is 4.36. The SMILES string of the molecule is [O-]Cc1ccc(CO)o1. The number of rotatable bonds is 2. The zero-order valence-electron chi connectivity index (χ0n) is 4.83. The van der Waals surface area contributed by atoms with Crippen LogP contribution in [0.1, 0.15) is 11.5 Å². The summed E-state index contributed by atoms with van der Waals surface area (Å²) in [7, 11) is 0. The highest BCUT2D eigenvalue weighted by atomic mass is 16.4. The summed E-state index contributed by atoms with van der Waals surface area (Å²) in [5.74, 6) is 0.819. The second-order valence-electron chi connectivity index (χ2n) is 1.67. The fraction of sp³-hybridized carbons (Fsp3) is 0.333. The number of aliphatic hydroxyl groups is 1. The predicted molar refractivity (Wildman–Crippen MR) is 28.3 cm³/mol. The fourth-order valence-electron chi connectivity index (χ4n) is 0.585. The molecule has 1 rings (SSSR count). The fourth-order valence-corrected chi connectivity index (χ4v) is 0.585. The van der Waals surface area contributed by atoms with Gasteiger partial charge < -0.3 is 14.6 Å². The number of hydrogen-bond acceptors (Lipinski definition) is 3. The average Bonchev–Trinajstić information content (AvgIpc) is 2.34. The lowest BCUT2D eigenvalue weighted by molar-refractivity contribution is -0.390. The minimum Gasteiger partial charge on any atom is -0.849 e. The normalized spacial score (nSPS) is 10.0. The lowest BCUT2D eigenvalue weighted by Crippen LogP contribution is -2.00. The van der Waals surface area contributed by atoms with Crippen LogP contribution in [0.5, 0.6) is 0 Å². The zero-order chi connectivity index (χ0) is 6.69. The Balaban J connectivity index is 2.74. The van der Waals surface area contributed by atoms with Crippen molar-refractivity contribution >= 4 is 0 Å². The molecule has 0 aromatic carbocycles. The van der Waals surface area contributed by atoms with E-state index in [9.17, 15) is 5.11 Å². The topological polar surface area (TPSA) is 56.4 Å². The van der Waals surface area contributed by atoms with Crippen LogP contribution in [0, 0.1) is 0 Å². The molecule has 50 valence electrons. The van der Waals surface area contributed by atoms with E-state index in [1.165, 1.54) is 0 Å². The van der Waals surface area contributed by atoms with Gasteiger partial charge in [0.25, 0.3) is 0 Å². The van der Waals surface area contributed by atoms with Crippen LogP contribution < -0.4 is 5.11 Å². The Bertz CT molecular complexity index is 162. The van der Waals surface area contributed by atoms with Crippen LogP contribution in [-0.4, -0.2) is 5.11 Å². The molecule has 0 aliphatic heterocycles. The van der Waals surface area contributed by atoms with Gasteiger partial charge in [-0.3, -0.25) is 0 Å². The quantitative estimate of drug-likeness (QED) is 0.589. The first kappa shape index (κ1) is 6.32. The third kappa shape index (κ3) is 1.31. The van der Waals surface area contributed by atoms with Crippen LogP contribution >= 0.6 is 0 Å². The van der Waals surface area contributed by atoms with Gasteiger partial charge in [0.2, 0.25) is 0 Å². The van der Waals surface area contributed by atoms with Crippen molar-refractivity contribution in [3.8, 4) is 0 Å². The van der Waals surface area contributed by atoms with Crippen LogP contribution in [0.4, 0.5) is 0 Å². The van der Waals surface area contributed by atoms with Crippen molar-refractivity contribution in [2.45, 2.75) is 13.2 Å². The smallest absolute Gasteiger partial charge is 0.129 e. The van der Waals surface area contributed by atoms with Crippen molar-refractivity contribution in [2.75, 3.05) is 0 Å². The molecule has 0 bridgehead atoms. The molecule has 1 N–H and O–H groups in total. The summed E-state index contributed by atoms with van der Waals surface area (Å²) in [6, 6.07) is 3.16. The van der Waals surface area contributed by atoms with E-state index in [1.54, 1.807) is 12.1 Å². The molecule has 0 spiro atoms. The number of aliphatic hydroxyl groups excluding tert-OH is 1. The molecule has 0 saturated carbocycles. The molecule has 0 radical (unpaired) electrons. The molecule has 0 saturated heterocycles. The van der Waals surface area contributed by atoms with Crippen LogP contribution in [-0.2, 0) is 13.2 Å². The van der Waals surface area contributed by atoms with E-state index >= 15 is 0 Å². The van der Waals surface area contributed by atoms with Crippen molar-refractivity contribution in [2.24, 2.45) is 0 Å². The summed E-state index contributed by atoms with van der Waals surface area (Å²) in [5.41, 5.74) is 0. The van der Waals surface area contributed by atoms with Gasteiger partial charge in [-0.15, -0.1) is 0 Å². The third-order valence-corrected chi connectivity index (χ3v) is 1.02. The van der Waals surface area contributed by atoms with Crippen molar-refractivity contribution in [1.82, 2.24) is 0 Å². The maximum Gasteiger partial charge on any atom is 0.129 e. The molecule has 1 aromatic heterocycles. The van der Waals surface area contributed by atoms with Crippen molar-refractivity contribution < 1.29 is 14.6 Å². The predicted octanol–water partition coefficient (Wildman–Crippen LogP) is -0.368. The second kappa shape index (κ2) is 2.66. The zero-order valence-corrected chi connectivity index (χ0v) is 4.83. The van der Waals surface area contributed by atoms with E-state index in [-0.39, 0.29) is 13.2 Å². The van der Waals surface area contributed by atoms with Crippen LogP contribution in [0.2, 0.25) is 0 Å². The van der Waals surface area contributed by atoms with E-state index in [2.05, 4.69) is 0 Å². The molecule has 0 unspecified atom stereocenters. The standard InChI is InChI=1S/C6H7O3/c7-3-5-1-2-6(4-8)9-5/h1-2,7H,3-4H2/q-1. The van der Waals surface area contributed by atoms with Crippen LogP contribution in [0.25, 0.3) is 0 Å². The monoisotopic (exact) mass is 127 g/mol. The highest BCUT2D eigenvalue weighted by Gasteiger charge is 1.93. The Kier molecular flexibility index (Phi) is 1.87. The summed E-state index contributed by atoms with van der Waals surface area (Å²) in [4.78, 5) is 0. The van der Waals surface area contributed by atoms with Gasteiger partial charge in [0, 0.05) is 0 Å². The maximum atomic E-state index is 10.1. The Labute approximate surface area is 52.5 Å². The first-order valence-electron chi connectivity index (χ1n) is 2.63. The minimum atomic E-state index is -0.361. The molecule has 0 amide bonds. The molecule has 3 nitrogen and oxygen atoms in total. The van der Waals surface area contributed by atoms with Gasteiger partial charge in [-0.05, 0) is 12.1 Å². The Hall–Kier alpha value is -0.800. The van der Waals surface area contributed by atoms with Gasteiger partial charge in [-0.25, -0.2) is 0 Å². The summed E-state index contributed by atoms with van der Waals surface area (Å²) < 4.78 is 4.82. The van der Waals surface area contributed by atoms with Gasteiger partial charge in [0.1, 0.15) is 12.4 Å². The van der Waals surface area contributed by atoms with Gasteiger partial charge in [0.05, 0.1) is 5.76 Å². The maximum absolute atomic E-state index is 10.1. The molecule has 0 aliphatic rings. The molecule has 1 aromatic rings. The largest absolute Gasteiger partial charge is 0.849 e. The highest BCUT2D eigenvalue weighted by molar-refractivity contribution is 5.04. The average molecular weight is 127 g/mol. The second-order valence-corrected chi connectivity index (χ2v) is 1.67.